The largest absolute Gasteiger partial charge is 0.472 e. The number of carbonyl (C=O) groups is 5. The summed E-state index contributed by atoms with van der Waals surface area (Å²) in [6, 6.07) is 1.79. The Labute approximate surface area is 250 Å². The quantitative estimate of drug-likeness (QED) is 0.267. The zero-order valence-electron chi connectivity index (χ0n) is 25.7. The van der Waals surface area contributed by atoms with Gasteiger partial charge < -0.3 is 28.1 Å². The summed E-state index contributed by atoms with van der Waals surface area (Å²) >= 11 is 0. The molecule has 1 aromatic rings. The number of fused-ring (bicyclic) bond motifs is 5. The lowest BCUT2D eigenvalue weighted by molar-refractivity contribution is -0.235. The molecule has 2 bridgehead atoms. The normalized spacial score (nSPS) is 42.7. The van der Waals surface area contributed by atoms with Crippen LogP contribution in [0.1, 0.15) is 78.9 Å². The minimum absolute atomic E-state index is 0.0814. The number of hydrogen-bond acceptors (Lipinski definition) is 11. The Morgan fingerprint density at radius 1 is 1.12 bits per heavy atom. The van der Waals surface area contributed by atoms with Crippen LogP contribution in [-0.4, -0.2) is 60.7 Å². The van der Waals surface area contributed by atoms with Crippen molar-refractivity contribution in [3.63, 3.8) is 0 Å². The molecule has 0 unspecified atom stereocenters. The van der Waals surface area contributed by atoms with Crippen LogP contribution in [0.4, 0.5) is 0 Å². The number of ether oxygens (including phenoxy) is 5. The van der Waals surface area contributed by atoms with E-state index in [0.29, 0.717) is 12.8 Å². The molecule has 2 saturated heterocycles. The van der Waals surface area contributed by atoms with E-state index in [-0.39, 0.29) is 30.5 Å². The molecule has 0 radical (unpaired) electrons. The molecule has 3 saturated carbocycles. The van der Waals surface area contributed by atoms with Crippen molar-refractivity contribution in [1.82, 2.24) is 0 Å². The number of Topliss-reactive ketones (excluding diaryl/α,β-unsaturated/α-hetero) is 1. The highest BCUT2D eigenvalue weighted by atomic mass is 16.6. The van der Waals surface area contributed by atoms with Crippen molar-refractivity contribution in [2.75, 3.05) is 7.11 Å². The lowest BCUT2D eigenvalue weighted by Crippen LogP contribution is -2.74. The van der Waals surface area contributed by atoms with Gasteiger partial charge in [-0.05, 0) is 18.9 Å². The van der Waals surface area contributed by atoms with Gasteiger partial charge in [-0.25, -0.2) is 4.79 Å². The van der Waals surface area contributed by atoms with Crippen LogP contribution in [0.25, 0.3) is 0 Å². The summed E-state index contributed by atoms with van der Waals surface area (Å²) in [5.74, 6) is -5.08. The van der Waals surface area contributed by atoms with Gasteiger partial charge in [0.05, 0.1) is 32.0 Å². The lowest BCUT2D eigenvalue weighted by atomic mass is 9.37. The monoisotopic (exact) mass is 600 g/mol. The third-order valence-electron chi connectivity index (χ3n) is 11.6. The fourth-order valence-electron chi connectivity index (χ4n) is 9.99. The highest BCUT2D eigenvalue weighted by Gasteiger charge is 2.86. The summed E-state index contributed by atoms with van der Waals surface area (Å²) in [7, 11) is 1.20. The summed E-state index contributed by atoms with van der Waals surface area (Å²) in [4.78, 5) is 66.6. The molecule has 5 fully saturated rings. The van der Waals surface area contributed by atoms with Gasteiger partial charge in [-0.1, -0.05) is 34.6 Å². The Balaban J connectivity index is 1.54. The number of rotatable bonds is 6. The van der Waals surface area contributed by atoms with Crippen LogP contribution in [0.2, 0.25) is 0 Å². The van der Waals surface area contributed by atoms with Gasteiger partial charge in [-0.2, -0.15) is 0 Å². The standard InChI is InChI=1S/C32H40O11/c1-8-19(34)41-26-21-24(36)31(6,23(29(26,3)4)22(28(37)38-7)40-15(2)33)17-9-11-30(5)18(32(17)27(21)43-32)13-20(35)42-25(30)16-10-12-39-14-16/h10,12,14,17-18,21-23,25-27H,8-9,11,13H2,1-7H3/t17-,18-,21+,22-,23+,25+,26-,27-,30-,31-,32-/m1/s1. The third kappa shape index (κ3) is 3.85. The van der Waals surface area contributed by atoms with Crippen molar-refractivity contribution < 1.29 is 52.1 Å². The maximum Gasteiger partial charge on any atom is 0.347 e. The van der Waals surface area contributed by atoms with Crippen LogP contribution in [0, 0.1) is 39.9 Å². The van der Waals surface area contributed by atoms with E-state index in [1.165, 1.54) is 14.0 Å². The van der Waals surface area contributed by atoms with E-state index in [9.17, 15) is 24.0 Å². The molecule has 11 atom stereocenters. The lowest BCUT2D eigenvalue weighted by Gasteiger charge is -2.65. The molecule has 234 valence electrons. The fraction of sp³-hybridized carbons (Fsp3) is 0.719. The van der Waals surface area contributed by atoms with Gasteiger partial charge in [0.25, 0.3) is 0 Å². The second-order valence-electron chi connectivity index (χ2n) is 14.0. The molecular weight excluding hydrogens is 560 g/mol. The Bertz CT molecular complexity index is 1360. The molecule has 1 spiro atoms. The van der Waals surface area contributed by atoms with Crippen LogP contribution >= 0.6 is 0 Å². The van der Waals surface area contributed by atoms with Crippen LogP contribution in [0.5, 0.6) is 0 Å². The number of ketones is 1. The van der Waals surface area contributed by atoms with E-state index in [4.69, 9.17) is 28.1 Å². The first-order chi connectivity index (χ1) is 20.2. The van der Waals surface area contributed by atoms with Crippen molar-refractivity contribution >= 4 is 29.7 Å². The number of furan rings is 1. The zero-order chi connectivity index (χ0) is 31.3. The summed E-state index contributed by atoms with van der Waals surface area (Å²) < 4.78 is 34.9. The Kier molecular flexibility index (Phi) is 6.69. The van der Waals surface area contributed by atoms with Gasteiger partial charge in [0.2, 0.25) is 6.10 Å². The van der Waals surface area contributed by atoms with Crippen molar-refractivity contribution in [2.24, 2.45) is 39.9 Å². The van der Waals surface area contributed by atoms with E-state index in [0.717, 1.165) is 5.56 Å². The number of esters is 4. The maximum absolute atomic E-state index is 14.8. The van der Waals surface area contributed by atoms with E-state index >= 15 is 0 Å². The molecule has 1 aromatic heterocycles. The topological polar surface area (TPSA) is 148 Å². The van der Waals surface area contributed by atoms with Crippen LogP contribution < -0.4 is 0 Å². The van der Waals surface area contributed by atoms with Crippen LogP contribution in [0.15, 0.2) is 23.0 Å². The van der Waals surface area contributed by atoms with E-state index in [1.807, 2.05) is 20.8 Å². The molecule has 0 amide bonds. The molecule has 3 aliphatic carbocycles. The molecule has 0 N–H and O–H groups in total. The number of carbonyl (C=O) groups excluding carboxylic acids is 5. The molecule has 2 aliphatic heterocycles. The van der Waals surface area contributed by atoms with Gasteiger partial charge in [0, 0.05) is 52.9 Å². The van der Waals surface area contributed by atoms with Gasteiger partial charge >= 0.3 is 23.9 Å². The molecule has 43 heavy (non-hydrogen) atoms. The average molecular weight is 601 g/mol. The van der Waals surface area contributed by atoms with Crippen molar-refractivity contribution in [2.45, 2.75) is 97.2 Å². The Morgan fingerprint density at radius 2 is 1.84 bits per heavy atom. The minimum atomic E-state index is -1.44. The molecule has 3 heterocycles. The highest BCUT2D eigenvalue weighted by molar-refractivity contribution is 5.94. The molecule has 6 rings (SSSR count). The summed E-state index contributed by atoms with van der Waals surface area (Å²) in [6.07, 6.45) is 0.843. The average Bonchev–Trinajstić information content (AvgIpc) is 3.40. The van der Waals surface area contributed by atoms with Crippen molar-refractivity contribution in [3.8, 4) is 0 Å². The van der Waals surface area contributed by atoms with E-state index in [1.54, 1.807) is 25.5 Å². The number of hydrogen-bond donors (Lipinski definition) is 0. The maximum atomic E-state index is 14.8. The van der Waals surface area contributed by atoms with E-state index in [2.05, 4.69) is 6.92 Å². The number of epoxide rings is 1. The Morgan fingerprint density at radius 3 is 2.44 bits per heavy atom. The third-order valence-corrected chi connectivity index (χ3v) is 11.6. The summed E-state index contributed by atoms with van der Waals surface area (Å²) in [6.45, 7) is 10.5. The first-order valence-corrected chi connectivity index (χ1v) is 15.1. The van der Waals surface area contributed by atoms with Crippen LogP contribution in [-0.2, 0) is 47.7 Å². The van der Waals surface area contributed by atoms with Crippen molar-refractivity contribution in [1.29, 1.82) is 0 Å². The number of methoxy groups -OCH3 is 1. The Hall–Kier alpha value is -3.21. The van der Waals surface area contributed by atoms with E-state index < -0.39 is 81.9 Å². The second kappa shape index (κ2) is 9.64. The smallest absolute Gasteiger partial charge is 0.347 e. The predicted octanol–water partition coefficient (Wildman–Crippen LogP) is 3.73. The van der Waals surface area contributed by atoms with Gasteiger partial charge in [0.1, 0.15) is 29.7 Å². The number of cyclic esters (lactones) is 1. The second-order valence-corrected chi connectivity index (χ2v) is 14.0. The van der Waals surface area contributed by atoms with Crippen LogP contribution in [0.3, 0.4) is 0 Å². The van der Waals surface area contributed by atoms with Gasteiger partial charge in [-0.15, -0.1) is 0 Å². The van der Waals surface area contributed by atoms with Gasteiger partial charge in [0.15, 0.2) is 0 Å². The summed E-state index contributed by atoms with van der Waals surface area (Å²) in [5.41, 5.74) is -2.99. The first kappa shape index (κ1) is 29.8. The predicted molar refractivity (Wildman–Crippen MR) is 146 cm³/mol. The highest BCUT2D eigenvalue weighted by Crippen LogP contribution is 2.77. The minimum Gasteiger partial charge on any atom is -0.472 e. The zero-order valence-corrected chi connectivity index (χ0v) is 25.7. The first-order valence-electron chi connectivity index (χ1n) is 15.1. The fourth-order valence-corrected chi connectivity index (χ4v) is 9.99. The molecule has 5 aliphatic rings. The molecule has 0 aromatic carbocycles. The SMILES string of the molecule is CCC(=O)O[C@@H]1[C@@H]2C(=O)[C@](C)([C@H]3CC[C@]4(C)[C@@H](CC(=O)O[C@H]4c4ccoc4)[C@]34O[C@H]24)[C@@H]([C@@H](OC(C)=O)C(=O)OC)C1(C)C. The molecule has 11 heteroatoms. The summed E-state index contributed by atoms with van der Waals surface area (Å²) in [5, 5.41) is 0. The van der Waals surface area contributed by atoms with Crippen molar-refractivity contribution in [3.05, 3.63) is 24.2 Å². The van der Waals surface area contributed by atoms with Gasteiger partial charge in [-0.3, -0.25) is 19.2 Å². The molecular formula is C32H40O11. The molecule has 11 nitrogen and oxygen atoms in total.